The standard InChI is InChI=1S/C28H23Cl2NO6/c1-16-3-7-21(11-17(16)2)31-14-19(12-26(31)33)27(34)36-15-25(32)18-4-8-22(9-5-18)37-28(35)23-10-6-20(29)13-24(23)30/h3-11,13,19H,12,14-15H2,1-2H3/t19-/m0/s1. The van der Waals surface area contributed by atoms with Gasteiger partial charge in [0.25, 0.3) is 0 Å². The highest BCUT2D eigenvalue weighted by atomic mass is 35.5. The summed E-state index contributed by atoms with van der Waals surface area (Å²) in [6, 6.07) is 15.9. The molecule has 0 unspecified atom stereocenters. The van der Waals surface area contributed by atoms with E-state index >= 15 is 0 Å². The van der Waals surface area contributed by atoms with E-state index in [9.17, 15) is 19.2 Å². The summed E-state index contributed by atoms with van der Waals surface area (Å²) < 4.78 is 10.5. The van der Waals surface area contributed by atoms with Crippen LogP contribution in [-0.4, -0.2) is 36.8 Å². The van der Waals surface area contributed by atoms with E-state index in [1.807, 2.05) is 32.0 Å². The van der Waals surface area contributed by atoms with Gasteiger partial charge in [-0.05, 0) is 79.6 Å². The highest BCUT2D eigenvalue weighted by Gasteiger charge is 2.36. The van der Waals surface area contributed by atoms with Crippen molar-refractivity contribution in [2.45, 2.75) is 20.3 Å². The molecule has 1 aliphatic rings. The summed E-state index contributed by atoms with van der Waals surface area (Å²) in [6.45, 7) is 3.68. The van der Waals surface area contributed by atoms with Crippen LogP contribution >= 0.6 is 23.2 Å². The molecule has 0 N–H and O–H groups in total. The molecule has 1 saturated heterocycles. The van der Waals surface area contributed by atoms with Crippen LogP contribution in [0.25, 0.3) is 0 Å². The van der Waals surface area contributed by atoms with Gasteiger partial charge in [-0.2, -0.15) is 0 Å². The molecule has 3 aromatic carbocycles. The van der Waals surface area contributed by atoms with E-state index in [0.29, 0.717) is 5.02 Å². The Morgan fingerprint density at radius 2 is 1.68 bits per heavy atom. The number of carbonyl (C=O) groups excluding carboxylic acids is 4. The third-order valence-electron chi connectivity index (χ3n) is 6.14. The number of nitrogens with zero attached hydrogens (tertiary/aromatic N) is 1. The molecule has 1 aliphatic heterocycles. The van der Waals surface area contributed by atoms with E-state index in [1.165, 1.54) is 42.5 Å². The number of anilines is 1. The smallest absolute Gasteiger partial charge is 0.345 e. The minimum atomic E-state index is -0.671. The molecule has 0 spiro atoms. The van der Waals surface area contributed by atoms with Gasteiger partial charge in [0.2, 0.25) is 5.91 Å². The third kappa shape index (κ3) is 6.18. The molecule has 1 fully saturated rings. The maximum Gasteiger partial charge on any atom is 0.345 e. The van der Waals surface area contributed by atoms with E-state index in [-0.39, 0.29) is 40.8 Å². The average Bonchev–Trinajstić information content (AvgIpc) is 3.26. The number of carbonyl (C=O) groups is 4. The van der Waals surface area contributed by atoms with E-state index in [1.54, 1.807) is 4.90 Å². The summed E-state index contributed by atoms with van der Waals surface area (Å²) in [7, 11) is 0. The van der Waals surface area contributed by atoms with Gasteiger partial charge in [0.1, 0.15) is 5.75 Å². The quantitative estimate of drug-likeness (QED) is 0.220. The number of benzene rings is 3. The summed E-state index contributed by atoms with van der Waals surface area (Å²) in [5.74, 6) is -2.30. The minimum absolute atomic E-state index is 0.0254. The van der Waals surface area contributed by atoms with Crippen LogP contribution in [0.1, 0.15) is 38.3 Å². The molecular formula is C28H23Cl2NO6. The van der Waals surface area contributed by atoms with Crippen molar-refractivity contribution in [3.05, 3.63) is 93.0 Å². The minimum Gasteiger partial charge on any atom is -0.457 e. The molecule has 1 amide bonds. The number of ketones is 1. The number of aryl methyl sites for hydroxylation is 2. The lowest BCUT2D eigenvalue weighted by atomic mass is 10.1. The molecule has 37 heavy (non-hydrogen) atoms. The van der Waals surface area contributed by atoms with Crippen LogP contribution < -0.4 is 9.64 Å². The molecule has 0 radical (unpaired) electrons. The van der Waals surface area contributed by atoms with E-state index < -0.39 is 30.2 Å². The second-order valence-corrected chi connectivity index (χ2v) is 9.59. The normalized spacial score (nSPS) is 15.0. The largest absolute Gasteiger partial charge is 0.457 e. The highest BCUT2D eigenvalue weighted by molar-refractivity contribution is 6.36. The van der Waals surface area contributed by atoms with Crippen LogP contribution in [0.2, 0.25) is 10.0 Å². The van der Waals surface area contributed by atoms with Crippen molar-refractivity contribution in [2.75, 3.05) is 18.1 Å². The van der Waals surface area contributed by atoms with Gasteiger partial charge in [0.05, 0.1) is 16.5 Å². The molecule has 1 heterocycles. The lowest BCUT2D eigenvalue weighted by molar-refractivity contribution is -0.147. The van der Waals surface area contributed by atoms with Crippen LogP contribution in [0.4, 0.5) is 5.69 Å². The van der Waals surface area contributed by atoms with Gasteiger partial charge in [0.15, 0.2) is 12.4 Å². The Kier molecular flexibility index (Phi) is 7.95. The Labute approximate surface area is 223 Å². The summed E-state index contributed by atoms with van der Waals surface area (Å²) in [5.41, 5.74) is 3.33. The van der Waals surface area contributed by atoms with Gasteiger partial charge >= 0.3 is 11.9 Å². The highest BCUT2D eigenvalue weighted by Crippen LogP contribution is 2.28. The number of amides is 1. The van der Waals surface area contributed by atoms with Crippen molar-refractivity contribution in [3.63, 3.8) is 0 Å². The molecule has 0 saturated carbocycles. The Balaban J connectivity index is 1.30. The number of rotatable bonds is 7. The van der Waals surface area contributed by atoms with E-state index in [2.05, 4.69) is 0 Å². The van der Waals surface area contributed by atoms with Crippen LogP contribution in [0, 0.1) is 19.8 Å². The Hall–Kier alpha value is -3.68. The summed E-state index contributed by atoms with van der Waals surface area (Å²) in [5, 5.41) is 0.551. The van der Waals surface area contributed by atoms with Crippen molar-refractivity contribution in [1.82, 2.24) is 0 Å². The number of esters is 2. The molecule has 0 aliphatic carbocycles. The lowest BCUT2D eigenvalue weighted by Gasteiger charge is -2.17. The summed E-state index contributed by atoms with van der Waals surface area (Å²) >= 11 is 11.9. The fraction of sp³-hybridized carbons (Fsp3) is 0.214. The number of halogens is 2. The Bertz CT molecular complexity index is 1390. The predicted molar refractivity (Wildman–Crippen MR) is 140 cm³/mol. The Morgan fingerprint density at radius 3 is 2.35 bits per heavy atom. The fourth-order valence-corrected chi connectivity index (χ4v) is 4.36. The molecule has 9 heteroatoms. The van der Waals surface area contributed by atoms with E-state index in [4.69, 9.17) is 32.7 Å². The number of ether oxygens (including phenoxy) is 2. The first-order chi connectivity index (χ1) is 17.6. The van der Waals surface area contributed by atoms with Crippen LogP contribution in [0.3, 0.4) is 0 Å². The zero-order chi connectivity index (χ0) is 26.7. The molecule has 0 bridgehead atoms. The van der Waals surface area contributed by atoms with Gasteiger partial charge in [-0.25, -0.2) is 4.79 Å². The van der Waals surface area contributed by atoms with Crippen molar-refractivity contribution in [1.29, 1.82) is 0 Å². The van der Waals surface area contributed by atoms with Gasteiger partial charge in [0, 0.05) is 29.2 Å². The van der Waals surface area contributed by atoms with Crippen LogP contribution in [0.5, 0.6) is 5.75 Å². The Morgan fingerprint density at radius 1 is 0.946 bits per heavy atom. The van der Waals surface area contributed by atoms with Crippen LogP contribution in [0.15, 0.2) is 60.7 Å². The molecule has 1 atom stereocenters. The maximum absolute atomic E-state index is 12.6. The zero-order valence-electron chi connectivity index (χ0n) is 20.1. The maximum atomic E-state index is 12.6. The molecular weight excluding hydrogens is 517 g/mol. The molecule has 0 aromatic heterocycles. The monoisotopic (exact) mass is 539 g/mol. The lowest BCUT2D eigenvalue weighted by Crippen LogP contribution is -2.27. The summed E-state index contributed by atoms with van der Waals surface area (Å²) in [4.78, 5) is 51.5. The van der Waals surface area contributed by atoms with Crippen molar-refractivity contribution < 1.29 is 28.7 Å². The third-order valence-corrected chi connectivity index (χ3v) is 6.69. The predicted octanol–water partition coefficient (Wildman–Crippen LogP) is 5.61. The molecule has 4 rings (SSSR count). The fourth-order valence-electron chi connectivity index (χ4n) is 3.87. The van der Waals surface area contributed by atoms with E-state index in [0.717, 1.165) is 16.8 Å². The summed E-state index contributed by atoms with van der Waals surface area (Å²) in [6.07, 6.45) is 0.0254. The second-order valence-electron chi connectivity index (χ2n) is 8.74. The average molecular weight is 540 g/mol. The number of hydrogen-bond donors (Lipinski definition) is 0. The van der Waals surface area contributed by atoms with Gasteiger partial charge < -0.3 is 14.4 Å². The number of hydrogen-bond acceptors (Lipinski definition) is 6. The van der Waals surface area contributed by atoms with Crippen molar-refractivity contribution in [2.24, 2.45) is 5.92 Å². The first kappa shape index (κ1) is 26.4. The van der Waals surface area contributed by atoms with Crippen molar-refractivity contribution >= 4 is 52.5 Å². The SMILES string of the molecule is Cc1ccc(N2C[C@@H](C(=O)OCC(=O)c3ccc(OC(=O)c4ccc(Cl)cc4Cl)cc3)CC2=O)cc1C. The molecule has 3 aromatic rings. The number of Topliss-reactive ketones (excluding diaryl/α,β-unsaturated/α-hetero) is 1. The van der Waals surface area contributed by atoms with Gasteiger partial charge in [-0.1, -0.05) is 29.3 Å². The van der Waals surface area contributed by atoms with Crippen molar-refractivity contribution in [3.8, 4) is 5.75 Å². The zero-order valence-corrected chi connectivity index (χ0v) is 21.6. The van der Waals surface area contributed by atoms with Gasteiger partial charge in [-0.15, -0.1) is 0 Å². The van der Waals surface area contributed by atoms with Crippen LogP contribution in [-0.2, 0) is 14.3 Å². The van der Waals surface area contributed by atoms with Gasteiger partial charge in [-0.3, -0.25) is 14.4 Å². The second kappa shape index (κ2) is 11.2. The first-order valence-electron chi connectivity index (χ1n) is 11.5. The first-order valence-corrected chi connectivity index (χ1v) is 12.2. The molecule has 190 valence electrons. The molecule has 7 nitrogen and oxygen atoms in total. The topological polar surface area (TPSA) is 90.0 Å².